The minimum absolute atomic E-state index is 0.00465. The van der Waals surface area contributed by atoms with Crippen LogP contribution in [0.5, 0.6) is 11.5 Å². The number of benzene rings is 1. The summed E-state index contributed by atoms with van der Waals surface area (Å²) < 4.78 is 10.4. The van der Waals surface area contributed by atoms with Crippen molar-refractivity contribution in [2.75, 3.05) is 19.5 Å². The van der Waals surface area contributed by atoms with Gasteiger partial charge in [0.15, 0.2) is 0 Å². The summed E-state index contributed by atoms with van der Waals surface area (Å²) in [6, 6.07) is 5.49. The van der Waals surface area contributed by atoms with E-state index in [1.54, 1.807) is 32.4 Å². The second kappa shape index (κ2) is 8.52. The molecule has 0 aliphatic carbocycles. The van der Waals surface area contributed by atoms with E-state index in [2.05, 4.69) is 5.32 Å². The molecule has 0 aliphatic rings. The molecule has 0 aliphatic heterocycles. The van der Waals surface area contributed by atoms with Crippen molar-refractivity contribution < 1.29 is 14.3 Å². The van der Waals surface area contributed by atoms with E-state index >= 15 is 0 Å². The van der Waals surface area contributed by atoms with E-state index in [1.165, 1.54) is 0 Å². The largest absolute Gasteiger partial charge is 0.497 e. The van der Waals surface area contributed by atoms with E-state index in [0.29, 0.717) is 17.2 Å². The lowest BCUT2D eigenvalue weighted by Crippen LogP contribution is -2.21. The topological polar surface area (TPSA) is 73.6 Å². The maximum absolute atomic E-state index is 12.2. The molecule has 0 bridgehead atoms. The Morgan fingerprint density at radius 3 is 2.19 bits per heavy atom. The lowest BCUT2D eigenvalue weighted by atomic mass is 10.0. The second-order valence-electron chi connectivity index (χ2n) is 5.40. The number of carbonyl (C=O) groups excluding carboxylic acids is 1. The first-order valence-electron chi connectivity index (χ1n) is 7.25. The normalized spacial score (nSPS) is 13.4. The molecule has 2 atom stereocenters. The monoisotopic (exact) mass is 294 g/mol. The first kappa shape index (κ1) is 17.3. The summed E-state index contributed by atoms with van der Waals surface area (Å²) in [5.41, 5.74) is 6.39. The highest BCUT2D eigenvalue weighted by molar-refractivity contribution is 5.92. The number of nitrogens with one attached hydrogen (secondary N) is 1. The molecule has 1 rings (SSSR count). The van der Waals surface area contributed by atoms with E-state index in [-0.39, 0.29) is 17.9 Å². The number of anilines is 1. The zero-order valence-electron chi connectivity index (χ0n) is 13.3. The van der Waals surface area contributed by atoms with Crippen LogP contribution in [0.2, 0.25) is 0 Å². The van der Waals surface area contributed by atoms with Crippen LogP contribution in [-0.2, 0) is 4.79 Å². The smallest absolute Gasteiger partial charge is 0.227 e. The van der Waals surface area contributed by atoms with Crippen LogP contribution in [0.3, 0.4) is 0 Å². The zero-order valence-corrected chi connectivity index (χ0v) is 13.3. The highest BCUT2D eigenvalue weighted by atomic mass is 16.5. The molecule has 0 heterocycles. The predicted molar refractivity (Wildman–Crippen MR) is 84.8 cm³/mol. The Balaban J connectivity index is 2.61. The van der Waals surface area contributed by atoms with Gasteiger partial charge in [0.2, 0.25) is 5.91 Å². The summed E-state index contributed by atoms with van der Waals surface area (Å²) in [6.07, 6.45) is 2.72. The van der Waals surface area contributed by atoms with Crippen molar-refractivity contribution in [3.63, 3.8) is 0 Å². The number of nitrogens with two attached hydrogens (primary N) is 1. The molecule has 1 aromatic carbocycles. The van der Waals surface area contributed by atoms with E-state index in [9.17, 15) is 4.79 Å². The summed E-state index contributed by atoms with van der Waals surface area (Å²) in [7, 11) is 3.16. The number of amides is 1. The fraction of sp³-hybridized carbons (Fsp3) is 0.562. The van der Waals surface area contributed by atoms with Crippen molar-refractivity contribution in [1.82, 2.24) is 0 Å². The number of hydrogen-bond acceptors (Lipinski definition) is 4. The van der Waals surface area contributed by atoms with E-state index in [1.807, 2.05) is 13.8 Å². The molecule has 2 unspecified atom stereocenters. The molecule has 1 aromatic rings. The van der Waals surface area contributed by atoms with Crippen LogP contribution < -0.4 is 20.5 Å². The van der Waals surface area contributed by atoms with E-state index < -0.39 is 0 Å². The third-order valence-corrected chi connectivity index (χ3v) is 3.36. The van der Waals surface area contributed by atoms with Gasteiger partial charge in [0.25, 0.3) is 0 Å². The molecule has 0 radical (unpaired) electrons. The van der Waals surface area contributed by atoms with E-state index in [4.69, 9.17) is 15.2 Å². The molecule has 0 aromatic heterocycles. The number of hydrogen-bond donors (Lipinski definition) is 2. The minimum Gasteiger partial charge on any atom is -0.497 e. The Hall–Kier alpha value is -1.75. The van der Waals surface area contributed by atoms with Gasteiger partial charge in [-0.3, -0.25) is 4.79 Å². The van der Waals surface area contributed by atoms with Crippen LogP contribution in [0, 0.1) is 5.92 Å². The van der Waals surface area contributed by atoms with Gasteiger partial charge in [-0.05, 0) is 19.8 Å². The third kappa shape index (κ3) is 6.04. The van der Waals surface area contributed by atoms with Gasteiger partial charge >= 0.3 is 0 Å². The van der Waals surface area contributed by atoms with Gasteiger partial charge in [-0.1, -0.05) is 13.3 Å². The first-order chi connectivity index (χ1) is 9.96. The number of rotatable bonds is 8. The highest BCUT2D eigenvalue weighted by Gasteiger charge is 2.14. The van der Waals surface area contributed by atoms with Crippen molar-refractivity contribution in [2.45, 2.75) is 39.2 Å². The average molecular weight is 294 g/mol. The fourth-order valence-electron chi connectivity index (χ4n) is 2.02. The van der Waals surface area contributed by atoms with Crippen LogP contribution >= 0.6 is 0 Å². The minimum atomic E-state index is -0.0547. The van der Waals surface area contributed by atoms with Gasteiger partial charge in [0, 0.05) is 35.8 Å². The average Bonchev–Trinajstić information content (AvgIpc) is 2.46. The van der Waals surface area contributed by atoms with Gasteiger partial charge in [-0.2, -0.15) is 0 Å². The van der Waals surface area contributed by atoms with Gasteiger partial charge in [0.1, 0.15) is 11.5 Å². The molecule has 118 valence electrons. The third-order valence-electron chi connectivity index (χ3n) is 3.36. The van der Waals surface area contributed by atoms with Crippen LogP contribution in [0.15, 0.2) is 18.2 Å². The van der Waals surface area contributed by atoms with Crippen molar-refractivity contribution in [1.29, 1.82) is 0 Å². The van der Waals surface area contributed by atoms with Gasteiger partial charge in [-0.15, -0.1) is 0 Å². The Morgan fingerprint density at radius 1 is 1.14 bits per heavy atom. The number of methoxy groups -OCH3 is 2. The maximum atomic E-state index is 12.2. The Kier molecular flexibility index (Phi) is 7.02. The summed E-state index contributed by atoms with van der Waals surface area (Å²) in [4.78, 5) is 12.2. The number of carbonyl (C=O) groups is 1. The Labute approximate surface area is 126 Å². The number of ether oxygens (including phenoxy) is 2. The predicted octanol–water partition coefficient (Wildman–Crippen LogP) is 2.80. The van der Waals surface area contributed by atoms with Crippen LogP contribution in [-0.4, -0.2) is 26.2 Å². The molecule has 1 amide bonds. The molecule has 0 saturated heterocycles. The van der Waals surface area contributed by atoms with Crippen molar-refractivity contribution in [2.24, 2.45) is 11.7 Å². The molecular formula is C16H26N2O3. The molecule has 0 fully saturated rings. The molecule has 5 nitrogen and oxygen atoms in total. The zero-order chi connectivity index (χ0) is 15.8. The van der Waals surface area contributed by atoms with Crippen molar-refractivity contribution in [3.8, 4) is 11.5 Å². The van der Waals surface area contributed by atoms with Gasteiger partial charge < -0.3 is 20.5 Å². The molecular weight excluding hydrogens is 268 g/mol. The maximum Gasteiger partial charge on any atom is 0.227 e. The van der Waals surface area contributed by atoms with Crippen LogP contribution in [0.25, 0.3) is 0 Å². The summed E-state index contributed by atoms with van der Waals surface area (Å²) >= 11 is 0. The van der Waals surface area contributed by atoms with Gasteiger partial charge in [-0.25, -0.2) is 0 Å². The molecule has 3 N–H and O–H groups in total. The Morgan fingerprint density at radius 2 is 1.71 bits per heavy atom. The SMILES string of the molecule is COc1cc(NC(=O)C(C)CCCC(C)N)cc(OC)c1. The van der Waals surface area contributed by atoms with E-state index in [0.717, 1.165) is 19.3 Å². The highest BCUT2D eigenvalue weighted by Crippen LogP contribution is 2.26. The fourth-order valence-corrected chi connectivity index (χ4v) is 2.02. The molecule has 0 spiro atoms. The van der Waals surface area contributed by atoms with Gasteiger partial charge in [0.05, 0.1) is 14.2 Å². The van der Waals surface area contributed by atoms with Crippen LogP contribution in [0.1, 0.15) is 33.1 Å². The molecule has 21 heavy (non-hydrogen) atoms. The summed E-state index contributed by atoms with van der Waals surface area (Å²) in [6.45, 7) is 3.90. The van der Waals surface area contributed by atoms with Crippen molar-refractivity contribution in [3.05, 3.63) is 18.2 Å². The quantitative estimate of drug-likeness (QED) is 0.773. The summed E-state index contributed by atoms with van der Waals surface area (Å²) in [5.74, 6) is 1.24. The lowest BCUT2D eigenvalue weighted by Gasteiger charge is -2.14. The second-order valence-corrected chi connectivity index (χ2v) is 5.40. The standard InChI is InChI=1S/C16H26N2O3/c1-11(6-5-7-12(2)17)16(19)18-13-8-14(20-3)10-15(9-13)21-4/h8-12H,5-7,17H2,1-4H3,(H,18,19). The molecule has 0 saturated carbocycles. The Bertz CT molecular complexity index is 439. The first-order valence-corrected chi connectivity index (χ1v) is 7.25. The van der Waals surface area contributed by atoms with Crippen LogP contribution in [0.4, 0.5) is 5.69 Å². The van der Waals surface area contributed by atoms with Crippen molar-refractivity contribution >= 4 is 11.6 Å². The summed E-state index contributed by atoms with van der Waals surface area (Å²) in [5, 5.41) is 2.90. The molecule has 5 heteroatoms. The lowest BCUT2D eigenvalue weighted by molar-refractivity contribution is -0.119.